The van der Waals surface area contributed by atoms with Crippen molar-refractivity contribution in [1.82, 2.24) is 9.38 Å². The van der Waals surface area contributed by atoms with Crippen LogP contribution in [0.25, 0.3) is 16.9 Å². The standard InChI is InChI=1S/C14H10Cl2N2.ClH/c15-8-12-14(10-4-2-1-3-5-10)17-13-7-6-11(16)9-18(12)13;/h1-7,9H,8H2;1H. The number of rotatable bonds is 2. The normalized spacial score (nSPS) is 10.4. The summed E-state index contributed by atoms with van der Waals surface area (Å²) in [5.41, 5.74) is 3.79. The van der Waals surface area contributed by atoms with Crippen molar-refractivity contribution < 1.29 is 0 Å². The van der Waals surface area contributed by atoms with Crippen LogP contribution < -0.4 is 0 Å². The maximum Gasteiger partial charge on any atom is 0.137 e. The quantitative estimate of drug-likeness (QED) is 0.620. The number of nitrogens with zero attached hydrogens (tertiary/aromatic N) is 2. The van der Waals surface area contributed by atoms with Crippen LogP contribution in [-0.4, -0.2) is 9.38 Å². The molecule has 3 rings (SSSR count). The van der Waals surface area contributed by atoms with Crippen LogP contribution in [0.1, 0.15) is 5.69 Å². The second-order valence-electron chi connectivity index (χ2n) is 3.98. The molecule has 0 saturated carbocycles. The summed E-state index contributed by atoms with van der Waals surface area (Å²) in [6.45, 7) is 0. The SMILES string of the molecule is Cl.ClCc1c(-c2ccccc2)nc2ccc(Cl)cn12. The highest BCUT2D eigenvalue weighted by Crippen LogP contribution is 2.26. The molecule has 98 valence electrons. The highest BCUT2D eigenvalue weighted by atomic mass is 35.5. The van der Waals surface area contributed by atoms with E-state index in [4.69, 9.17) is 23.2 Å². The van der Waals surface area contributed by atoms with Crippen molar-refractivity contribution in [3.05, 3.63) is 59.4 Å². The molecule has 2 heterocycles. The number of pyridine rings is 1. The number of halogens is 3. The number of hydrogen-bond donors (Lipinski definition) is 0. The molecule has 0 aliphatic heterocycles. The lowest BCUT2D eigenvalue weighted by Gasteiger charge is -2.01. The fraction of sp³-hybridized carbons (Fsp3) is 0.0714. The first-order chi connectivity index (χ1) is 8.79. The predicted octanol–water partition coefficient (Wildman–Crippen LogP) is 4.82. The third kappa shape index (κ3) is 2.57. The Balaban J connectivity index is 0.00000133. The molecule has 0 aliphatic carbocycles. The van der Waals surface area contributed by atoms with E-state index in [0.29, 0.717) is 10.9 Å². The van der Waals surface area contributed by atoms with Gasteiger partial charge < -0.3 is 4.40 Å². The van der Waals surface area contributed by atoms with Crippen molar-refractivity contribution in [3.8, 4) is 11.3 Å². The molecule has 0 saturated heterocycles. The number of hydrogen-bond acceptors (Lipinski definition) is 1. The van der Waals surface area contributed by atoms with Crippen molar-refractivity contribution in [1.29, 1.82) is 0 Å². The summed E-state index contributed by atoms with van der Waals surface area (Å²) in [6.07, 6.45) is 1.84. The smallest absolute Gasteiger partial charge is 0.137 e. The van der Waals surface area contributed by atoms with Crippen molar-refractivity contribution in [2.24, 2.45) is 0 Å². The van der Waals surface area contributed by atoms with Gasteiger partial charge in [-0.1, -0.05) is 41.9 Å². The van der Waals surface area contributed by atoms with Gasteiger partial charge in [0.2, 0.25) is 0 Å². The summed E-state index contributed by atoms with van der Waals surface area (Å²) in [4.78, 5) is 4.61. The van der Waals surface area contributed by atoms with E-state index in [-0.39, 0.29) is 12.4 Å². The summed E-state index contributed by atoms with van der Waals surface area (Å²) in [5, 5.41) is 0.672. The van der Waals surface area contributed by atoms with Crippen LogP contribution in [0.2, 0.25) is 5.02 Å². The van der Waals surface area contributed by atoms with Crippen LogP contribution in [0.5, 0.6) is 0 Å². The summed E-state index contributed by atoms with van der Waals surface area (Å²) < 4.78 is 1.94. The summed E-state index contributed by atoms with van der Waals surface area (Å²) in [5.74, 6) is 0.395. The Morgan fingerprint density at radius 1 is 1.05 bits per heavy atom. The van der Waals surface area contributed by atoms with E-state index in [1.165, 1.54) is 0 Å². The van der Waals surface area contributed by atoms with E-state index in [0.717, 1.165) is 22.6 Å². The van der Waals surface area contributed by atoms with Gasteiger partial charge in [-0.25, -0.2) is 4.98 Å². The minimum Gasteiger partial charge on any atom is -0.301 e. The Kier molecular flexibility index (Phi) is 4.35. The van der Waals surface area contributed by atoms with E-state index < -0.39 is 0 Å². The van der Waals surface area contributed by atoms with E-state index >= 15 is 0 Å². The molecule has 0 radical (unpaired) electrons. The van der Waals surface area contributed by atoms with Gasteiger partial charge in [0.25, 0.3) is 0 Å². The van der Waals surface area contributed by atoms with Crippen LogP contribution in [0.3, 0.4) is 0 Å². The Morgan fingerprint density at radius 2 is 1.79 bits per heavy atom. The van der Waals surface area contributed by atoms with E-state index in [2.05, 4.69) is 4.98 Å². The molecular weight excluding hydrogens is 303 g/mol. The van der Waals surface area contributed by atoms with Crippen molar-refractivity contribution >= 4 is 41.3 Å². The molecular formula is C14H11Cl3N2. The summed E-state index contributed by atoms with van der Waals surface area (Å²) in [7, 11) is 0. The van der Waals surface area contributed by atoms with E-state index in [1.807, 2.05) is 53.1 Å². The highest BCUT2D eigenvalue weighted by Gasteiger charge is 2.12. The highest BCUT2D eigenvalue weighted by molar-refractivity contribution is 6.30. The number of fused-ring (bicyclic) bond motifs is 1. The van der Waals surface area contributed by atoms with Crippen molar-refractivity contribution in [3.63, 3.8) is 0 Å². The molecule has 5 heteroatoms. The maximum atomic E-state index is 6.05. The van der Waals surface area contributed by atoms with Crippen LogP contribution >= 0.6 is 35.6 Å². The van der Waals surface area contributed by atoms with Gasteiger partial charge in [-0.05, 0) is 12.1 Å². The second kappa shape index (κ2) is 5.83. The molecule has 0 atom stereocenters. The molecule has 0 spiro atoms. The Labute approximate surface area is 127 Å². The molecule has 2 aromatic heterocycles. The molecule has 2 nitrogen and oxygen atoms in total. The lowest BCUT2D eigenvalue weighted by atomic mass is 10.1. The number of benzene rings is 1. The molecule has 0 N–H and O–H groups in total. The first kappa shape index (κ1) is 14.2. The molecule has 0 unspecified atom stereocenters. The Bertz CT molecular complexity index is 692. The third-order valence-corrected chi connectivity index (χ3v) is 3.33. The molecule has 0 aliphatic rings. The van der Waals surface area contributed by atoms with Crippen molar-refractivity contribution in [2.45, 2.75) is 5.88 Å². The summed E-state index contributed by atoms with van der Waals surface area (Å²) >= 11 is 12.1. The van der Waals surface area contributed by atoms with Crippen LogP contribution in [0.4, 0.5) is 0 Å². The minimum absolute atomic E-state index is 0. The third-order valence-electron chi connectivity index (χ3n) is 2.86. The number of alkyl halides is 1. The van der Waals surface area contributed by atoms with Gasteiger partial charge in [-0.2, -0.15) is 0 Å². The lowest BCUT2D eigenvalue weighted by molar-refractivity contribution is 1.09. The first-order valence-electron chi connectivity index (χ1n) is 5.57. The average molecular weight is 314 g/mol. The predicted molar refractivity (Wildman–Crippen MR) is 82.4 cm³/mol. The fourth-order valence-corrected chi connectivity index (χ4v) is 2.44. The molecule has 3 aromatic rings. The lowest BCUT2D eigenvalue weighted by Crippen LogP contribution is -1.90. The average Bonchev–Trinajstić information content (AvgIpc) is 2.77. The number of aromatic nitrogens is 2. The zero-order valence-corrected chi connectivity index (χ0v) is 12.2. The Morgan fingerprint density at radius 3 is 2.47 bits per heavy atom. The minimum atomic E-state index is 0. The van der Waals surface area contributed by atoms with Crippen LogP contribution in [0, 0.1) is 0 Å². The molecule has 0 fully saturated rings. The van der Waals surface area contributed by atoms with Gasteiger partial charge in [0.05, 0.1) is 22.3 Å². The second-order valence-corrected chi connectivity index (χ2v) is 4.69. The zero-order chi connectivity index (χ0) is 12.5. The van der Waals surface area contributed by atoms with Gasteiger partial charge in [-0.3, -0.25) is 0 Å². The first-order valence-corrected chi connectivity index (χ1v) is 6.48. The fourth-order valence-electron chi connectivity index (χ4n) is 2.02. The summed E-state index contributed by atoms with van der Waals surface area (Å²) in [6, 6.07) is 13.7. The molecule has 0 amide bonds. The van der Waals surface area contributed by atoms with Gasteiger partial charge in [-0.15, -0.1) is 24.0 Å². The largest absolute Gasteiger partial charge is 0.301 e. The van der Waals surface area contributed by atoms with Crippen molar-refractivity contribution in [2.75, 3.05) is 0 Å². The van der Waals surface area contributed by atoms with Gasteiger partial charge >= 0.3 is 0 Å². The van der Waals surface area contributed by atoms with Crippen LogP contribution in [-0.2, 0) is 5.88 Å². The molecule has 19 heavy (non-hydrogen) atoms. The molecule has 0 bridgehead atoms. The van der Waals surface area contributed by atoms with Crippen LogP contribution in [0.15, 0.2) is 48.7 Å². The topological polar surface area (TPSA) is 17.3 Å². The van der Waals surface area contributed by atoms with E-state index in [1.54, 1.807) is 0 Å². The van der Waals surface area contributed by atoms with E-state index in [9.17, 15) is 0 Å². The van der Waals surface area contributed by atoms with Gasteiger partial charge in [0.15, 0.2) is 0 Å². The Hall–Kier alpha value is -1.22. The van der Waals surface area contributed by atoms with Gasteiger partial charge in [0, 0.05) is 11.8 Å². The number of imidazole rings is 1. The monoisotopic (exact) mass is 312 g/mol. The molecule has 1 aromatic carbocycles. The maximum absolute atomic E-state index is 6.05. The zero-order valence-electron chi connectivity index (χ0n) is 9.88. The van der Waals surface area contributed by atoms with Gasteiger partial charge in [0.1, 0.15) is 5.65 Å².